The molecule has 0 unspecified atom stereocenters. The summed E-state index contributed by atoms with van der Waals surface area (Å²) in [6.45, 7) is -2.89. The summed E-state index contributed by atoms with van der Waals surface area (Å²) in [4.78, 5) is 12.0. The van der Waals surface area contributed by atoms with Crippen LogP contribution >= 0.6 is 0 Å². The van der Waals surface area contributed by atoms with Crippen LogP contribution in [0.5, 0.6) is 17.2 Å². The number of hydrogen-bond donors (Lipinski definition) is 1. The second kappa shape index (κ2) is 8.68. The van der Waals surface area contributed by atoms with Crippen LogP contribution in [0.3, 0.4) is 0 Å². The lowest BCUT2D eigenvalue weighted by Gasteiger charge is -2.10. The van der Waals surface area contributed by atoms with Gasteiger partial charge in [-0.2, -0.15) is 8.78 Å². The maximum Gasteiger partial charge on any atom is 0.387 e. The van der Waals surface area contributed by atoms with Crippen LogP contribution in [0.4, 0.5) is 14.5 Å². The molecule has 0 heterocycles. The lowest BCUT2D eigenvalue weighted by Crippen LogP contribution is -2.08. The van der Waals surface area contributed by atoms with Crippen molar-refractivity contribution in [3.63, 3.8) is 0 Å². The molecular formula is C18H17F2NO4. The van der Waals surface area contributed by atoms with Gasteiger partial charge in [-0.25, -0.2) is 0 Å². The van der Waals surface area contributed by atoms with Crippen molar-refractivity contribution in [1.82, 2.24) is 0 Å². The molecule has 25 heavy (non-hydrogen) atoms. The predicted molar refractivity (Wildman–Crippen MR) is 90.3 cm³/mol. The van der Waals surface area contributed by atoms with Gasteiger partial charge in [-0.3, -0.25) is 4.79 Å². The molecule has 7 heteroatoms. The van der Waals surface area contributed by atoms with E-state index in [1.807, 2.05) is 0 Å². The van der Waals surface area contributed by atoms with Gasteiger partial charge >= 0.3 is 6.61 Å². The van der Waals surface area contributed by atoms with Crippen molar-refractivity contribution >= 4 is 17.7 Å². The van der Waals surface area contributed by atoms with Gasteiger partial charge in [0.05, 0.1) is 14.2 Å². The molecule has 2 aromatic carbocycles. The Morgan fingerprint density at radius 2 is 1.80 bits per heavy atom. The third-order valence-electron chi connectivity index (χ3n) is 3.19. The molecule has 1 N–H and O–H groups in total. The summed E-state index contributed by atoms with van der Waals surface area (Å²) in [6.07, 6.45) is 2.92. The number of carbonyl (C=O) groups excluding carboxylic acids is 1. The first-order valence-electron chi connectivity index (χ1n) is 7.28. The number of nitrogens with one attached hydrogen (secondary N) is 1. The van der Waals surface area contributed by atoms with Crippen LogP contribution in [-0.4, -0.2) is 26.7 Å². The van der Waals surface area contributed by atoms with E-state index in [0.717, 1.165) is 0 Å². The van der Waals surface area contributed by atoms with E-state index in [4.69, 9.17) is 9.47 Å². The minimum Gasteiger partial charge on any atom is -0.493 e. The first kappa shape index (κ1) is 18.3. The molecule has 2 rings (SSSR count). The molecule has 0 aliphatic carbocycles. The topological polar surface area (TPSA) is 56.8 Å². The molecular weight excluding hydrogens is 332 g/mol. The van der Waals surface area contributed by atoms with Gasteiger partial charge in [-0.1, -0.05) is 12.1 Å². The smallest absolute Gasteiger partial charge is 0.387 e. The zero-order chi connectivity index (χ0) is 18.2. The molecule has 0 aliphatic rings. The molecule has 0 bridgehead atoms. The monoisotopic (exact) mass is 349 g/mol. The van der Waals surface area contributed by atoms with Crippen molar-refractivity contribution in [3.05, 3.63) is 54.1 Å². The van der Waals surface area contributed by atoms with Gasteiger partial charge in [0.1, 0.15) is 5.75 Å². The SMILES string of the molecule is COc1cccc(/C=C/C(=O)Nc2ccc(OC(F)F)cc2)c1OC. The first-order valence-corrected chi connectivity index (χ1v) is 7.28. The summed E-state index contributed by atoms with van der Waals surface area (Å²) < 4.78 is 38.9. The van der Waals surface area contributed by atoms with E-state index >= 15 is 0 Å². The molecule has 0 atom stereocenters. The molecule has 1 amide bonds. The number of carbonyl (C=O) groups is 1. The maximum atomic E-state index is 12.1. The van der Waals surface area contributed by atoms with E-state index in [1.54, 1.807) is 24.3 Å². The summed E-state index contributed by atoms with van der Waals surface area (Å²) in [5.41, 5.74) is 1.13. The fraction of sp³-hybridized carbons (Fsp3) is 0.167. The van der Waals surface area contributed by atoms with Gasteiger partial charge in [0, 0.05) is 17.3 Å². The van der Waals surface area contributed by atoms with Crippen LogP contribution in [0.25, 0.3) is 6.08 Å². The highest BCUT2D eigenvalue weighted by atomic mass is 19.3. The molecule has 0 saturated carbocycles. The summed E-state index contributed by atoms with van der Waals surface area (Å²) in [5, 5.41) is 2.62. The van der Waals surface area contributed by atoms with Gasteiger partial charge in [0.25, 0.3) is 0 Å². The van der Waals surface area contributed by atoms with E-state index in [9.17, 15) is 13.6 Å². The Morgan fingerprint density at radius 1 is 1.08 bits per heavy atom. The number of hydrogen-bond acceptors (Lipinski definition) is 4. The number of ether oxygens (including phenoxy) is 3. The summed E-state index contributed by atoms with van der Waals surface area (Å²) in [5.74, 6) is 0.708. The normalized spacial score (nSPS) is 10.8. The minimum absolute atomic E-state index is 0.0182. The van der Waals surface area contributed by atoms with E-state index in [0.29, 0.717) is 22.7 Å². The summed E-state index contributed by atoms with van der Waals surface area (Å²) in [7, 11) is 3.04. The van der Waals surface area contributed by atoms with Crippen LogP contribution < -0.4 is 19.5 Å². The number of alkyl halides is 2. The van der Waals surface area contributed by atoms with Crippen molar-refractivity contribution in [1.29, 1.82) is 0 Å². The quantitative estimate of drug-likeness (QED) is 0.769. The number of amides is 1. The zero-order valence-electron chi connectivity index (χ0n) is 13.7. The molecule has 0 saturated heterocycles. The molecule has 0 fully saturated rings. The number of benzene rings is 2. The first-order chi connectivity index (χ1) is 12.0. The number of halogens is 2. The van der Waals surface area contributed by atoms with E-state index in [1.165, 1.54) is 44.6 Å². The molecule has 0 aliphatic heterocycles. The average molecular weight is 349 g/mol. The fourth-order valence-electron chi connectivity index (χ4n) is 2.11. The number of para-hydroxylation sites is 1. The van der Waals surface area contributed by atoms with Crippen LogP contribution in [0.2, 0.25) is 0 Å². The van der Waals surface area contributed by atoms with Crippen molar-refractivity contribution in [2.24, 2.45) is 0 Å². The molecule has 0 spiro atoms. The van der Waals surface area contributed by atoms with Crippen LogP contribution in [-0.2, 0) is 4.79 Å². The third kappa shape index (κ3) is 5.20. The third-order valence-corrected chi connectivity index (χ3v) is 3.19. The molecule has 0 radical (unpaired) electrons. The Bertz CT molecular complexity index is 745. The standard InChI is InChI=1S/C18H17F2NO4/c1-23-15-5-3-4-12(17(15)24-2)6-11-16(22)21-13-7-9-14(10-8-13)25-18(19)20/h3-11,18H,1-2H3,(H,21,22)/b11-6+. The minimum atomic E-state index is -2.89. The second-order valence-electron chi connectivity index (χ2n) is 4.81. The Morgan fingerprint density at radius 3 is 2.40 bits per heavy atom. The predicted octanol–water partition coefficient (Wildman–Crippen LogP) is 3.96. The zero-order valence-corrected chi connectivity index (χ0v) is 13.7. The second-order valence-corrected chi connectivity index (χ2v) is 4.81. The highest BCUT2D eigenvalue weighted by molar-refractivity contribution is 6.02. The molecule has 132 valence electrons. The van der Waals surface area contributed by atoms with Gasteiger partial charge in [0.15, 0.2) is 11.5 Å². The lowest BCUT2D eigenvalue weighted by molar-refractivity contribution is -0.111. The van der Waals surface area contributed by atoms with Crippen LogP contribution in [0.1, 0.15) is 5.56 Å². The summed E-state index contributed by atoms with van der Waals surface area (Å²) in [6, 6.07) is 10.9. The number of anilines is 1. The van der Waals surface area contributed by atoms with Crippen molar-refractivity contribution in [3.8, 4) is 17.2 Å². The lowest BCUT2D eigenvalue weighted by atomic mass is 10.1. The van der Waals surface area contributed by atoms with Crippen LogP contribution in [0.15, 0.2) is 48.5 Å². The van der Waals surface area contributed by atoms with Crippen molar-refractivity contribution < 1.29 is 27.8 Å². The van der Waals surface area contributed by atoms with E-state index in [2.05, 4.69) is 10.1 Å². The van der Waals surface area contributed by atoms with Gasteiger partial charge in [-0.15, -0.1) is 0 Å². The van der Waals surface area contributed by atoms with Gasteiger partial charge < -0.3 is 19.5 Å². The Kier molecular flexibility index (Phi) is 6.33. The Balaban J connectivity index is 2.04. The van der Waals surface area contributed by atoms with Gasteiger partial charge in [0.2, 0.25) is 5.91 Å². The average Bonchev–Trinajstić information content (AvgIpc) is 2.60. The largest absolute Gasteiger partial charge is 0.493 e. The van der Waals surface area contributed by atoms with E-state index in [-0.39, 0.29) is 11.7 Å². The Hall–Kier alpha value is -3.09. The highest BCUT2D eigenvalue weighted by Crippen LogP contribution is 2.31. The summed E-state index contributed by atoms with van der Waals surface area (Å²) >= 11 is 0. The van der Waals surface area contributed by atoms with Crippen LogP contribution in [0, 0.1) is 0 Å². The molecule has 5 nitrogen and oxygen atoms in total. The Labute approximate surface area is 143 Å². The number of rotatable bonds is 7. The fourth-order valence-corrected chi connectivity index (χ4v) is 2.11. The van der Waals surface area contributed by atoms with Gasteiger partial charge in [-0.05, 0) is 36.4 Å². The maximum absolute atomic E-state index is 12.1. The molecule has 2 aromatic rings. The van der Waals surface area contributed by atoms with E-state index < -0.39 is 6.61 Å². The number of methoxy groups -OCH3 is 2. The van der Waals surface area contributed by atoms with Crippen molar-refractivity contribution in [2.45, 2.75) is 6.61 Å². The highest BCUT2D eigenvalue weighted by Gasteiger charge is 2.08. The van der Waals surface area contributed by atoms with Crippen molar-refractivity contribution in [2.75, 3.05) is 19.5 Å². The molecule has 0 aromatic heterocycles.